The number of nitrogens with zero attached hydrogens (tertiary/aromatic N) is 2. The minimum Gasteiger partial charge on any atom is -0.503 e. The standard InChI is InChI=1S/C30H51N3O3/c1-9-12-14-30(11-3,25-18-23(5)17-24(6)19-25)15-16-33(21-22(4)13-10-2)26(29(36)32(7)8)20-27(34)28(31)35/h17-20,22,26,34H,9-16,21H2,1-8H3,(H2,31,35). The molecule has 0 saturated carbocycles. The van der Waals surface area contributed by atoms with E-state index in [4.69, 9.17) is 5.73 Å². The summed E-state index contributed by atoms with van der Waals surface area (Å²) in [6, 6.07) is 6.09. The van der Waals surface area contributed by atoms with Crippen molar-refractivity contribution < 1.29 is 14.7 Å². The van der Waals surface area contributed by atoms with Crippen molar-refractivity contribution in [3.63, 3.8) is 0 Å². The number of unbranched alkanes of at least 4 members (excludes halogenated alkanes) is 1. The van der Waals surface area contributed by atoms with E-state index >= 15 is 0 Å². The second-order valence-corrected chi connectivity index (χ2v) is 10.8. The maximum absolute atomic E-state index is 13.3. The van der Waals surface area contributed by atoms with Crippen molar-refractivity contribution in [1.29, 1.82) is 0 Å². The van der Waals surface area contributed by atoms with Crippen LogP contribution in [0.4, 0.5) is 0 Å². The van der Waals surface area contributed by atoms with Crippen LogP contribution in [-0.2, 0) is 15.0 Å². The van der Waals surface area contributed by atoms with E-state index < -0.39 is 17.7 Å². The number of hydrogen-bond acceptors (Lipinski definition) is 4. The van der Waals surface area contributed by atoms with Crippen LogP contribution in [0.1, 0.15) is 89.3 Å². The Morgan fingerprint density at radius 2 is 1.67 bits per heavy atom. The number of likely N-dealkylation sites (N-methyl/N-ethyl adjacent to an activating group) is 1. The van der Waals surface area contributed by atoms with Crippen LogP contribution >= 0.6 is 0 Å². The number of aryl methyl sites for hydroxylation is 2. The van der Waals surface area contributed by atoms with E-state index in [2.05, 4.69) is 64.6 Å². The summed E-state index contributed by atoms with van der Waals surface area (Å²) < 4.78 is 0. The molecule has 3 atom stereocenters. The van der Waals surface area contributed by atoms with Crippen molar-refractivity contribution in [3.05, 3.63) is 46.7 Å². The van der Waals surface area contributed by atoms with Gasteiger partial charge in [0.1, 0.15) is 6.04 Å². The number of aliphatic hydroxyl groups excluding tert-OH is 1. The molecule has 0 heterocycles. The van der Waals surface area contributed by atoms with E-state index in [1.54, 1.807) is 14.1 Å². The normalized spacial score (nSPS) is 15.4. The van der Waals surface area contributed by atoms with Gasteiger partial charge < -0.3 is 15.7 Å². The van der Waals surface area contributed by atoms with Gasteiger partial charge in [0.2, 0.25) is 5.91 Å². The van der Waals surface area contributed by atoms with E-state index in [0.29, 0.717) is 19.0 Å². The molecule has 2 amide bonds. The van der Waals surface area contributed by atoms with Crippen LogP contribution in [0.3, 0.4) is 0 Å². The molecular formula is C30H51N3O3. The molecule has 0 aliphatic rings. The molecule has 0 spiro atoms. The van der Waals surface area contributed by atoms with E-state index in [0.717, 1.165) is 44.9 Å². The Kier molecular flexibility index (Phi) is 13.2. The van der Waals surface area contributed by atoms with Gasteiger partial charge in [-0.2, -0.15) is 0 Å². The highest BCUT2D eigenvalue weighted by Crippen LogP contribution is 2.38. The van der Waals surface area contributed by atoms with E-state index in [-0.39, 0.29) is 11.3 Å². The van der Waals surface area contributed by atoms with Crippen LogP contribution < -0.4 is 5.73 Å². The van der Waals surface area contributed by atoms with Gasteiger partial charge in [0.25, 0.3) is 5.91 Å². The van der Waals surface area contributed by atoms with Crippen molar-refractivity contribution in [2.75, 3.05) is 27.2 Å². The second kappa shape index (κ2) is 15.0. The van der Waals surface area contributed by atoms with Gasteiger partial charge in [-0.25, -0.2) is 0 Å². The molecule has 6 nitrogen and oxygen atoms in total. The number of carbonyl (C=O) groups is 2. The number of aliphatic hydroxyl groups is 1. The molecule has 1 aromatic rings. The Hall–Kier alpha value is -2.34. The molecule has 0 bridgehead atoms. The summed E-state index contributed by atoms with van der Waals surface area (Å²) in [5, 5.41) is 10.2. The minimum atomic E-state index is -0.922. The smallest absolute Gasteiger partial charge is 0.283 e. The van der Waals surface area contributed by atoms with Gasteiger partial charge in [-0.15, -0.1) is 0 Å². The molecule has 36 heavy (non-hydrogen) atoms. The first-order chi connectivity index (χ1) is 16.9. The summed E-state index contributed by atoms with van der Waals surface area (Å²) in [6.45, 7) is 14.5. The van der Waals surface area contributed by atoms with Crippen LogP contribution in [-0.4, -0.2) is 59.9 Å². The summed E-state index contributed by atoms with van der Waals surface area (Å²) >= 11 is 0. The van der Waals surface area contributed by atoms with E-state index in [1.165, 1.54) is 27.7 Å². The number of hydrogen-bond donors (Lipinski definition) is 2. The largest absolute Gasteiger partial charge is 0.503 e. The highest BCUT2D eigenvalue weighted by atomic mass is 16.3. The van der Waals surface area contributed by atoms with Gasteiger partial charge in [0.15, 0.2) is 5.76 Å². The van der Waals surface area contributed by atoms with E-state index in [9.17, 15) is 14.7 Å². The predicted molar refractivity (Wildman–Crippen MR) is 150 cm³/mol. The second-order valence-electron chi connectivity index (χ2n) is 10.8. The van der Waals surface area contributed by atoms with Crippen LogP contribution in [0, 0.1) is 19.8 Å². The van der Waals surface area contributed by atoms with Crippen molar-refractivity contribution in [2.45, 2.75) is 97.9 Å². The van der Waals surface area contributed by atoms with Crippen LogP contribution in [0.25, 0.3) is 0 Å². The molecule has 0 aliphatic carbocycles. The zero-order chi connectivity index (χ0) is 27.5. The number of rotatable bonds is 16. The van der Waals surface area contributed by atoms with Gasteiger partial charge in [-0.05, 0) is 62.5 Å². The number of primary amides is 1. The van der Waals surface area contributed by atoms with Gasteiger partial charge in [-0.1, -0.05) is 76.3 Å². The fraction of sp³-hybridized carbons (Fsp3) is 0.667. The highest BCUT2D eigenvalue weighted by molar-refractivity contribution is 5.91. The molecule has 0 saturated heterocycles. The number of nitrogens with two attached hydrogens (primary N) is 1. The summed E-state index contributed by atoms with van der Waals surface area (Å²) in [4.78, 5) is 28.6. The summed E-state index contributed by atoms with van der Waals surface area (Å²) in [5.74, 6) is -1.29. The summed E-state index contributed by atoms with van der Waals surface area (Å²) in [7, 11) is 3.40. The quantitative estimate of drug-likeness (QED) is 0.226. The Morgan fingerprint density at radius 3 is 2.14 bits per heavy atom. The van der Waals surface area contributed by atoms with E-state index in [1.807, 2.05) is 0 Å². The SMILES string of the molecule is CCCCC(CC)(CCN(CC(C)CCC)C(C=C(O)C(N)=O)C(=O)N(C)C)c1cc(C)cc(C)c1. The predicted octanol–water partition coefficient (Wildman–Crippen LogP) is 5.65. The fourth-order valence-electron chi connectivity index (χ4n) is 5.28. The lowest BCUT2D eigenvalue weighted by molar-refractivity contribution is -0.133. The molecule has 0 aromatic heterocycles. The van der Waals surface area contributed by atoms with Crippen molar-refractivity contribution in [3.8, 4) is 0 Å². The van der Waals surface area contributed by atoms with Gasteiger partial charge >= 0.3 is 0 Å². The molecule has 0 radical (unpaired) electrons. The summed E-state index contributed by atoms with van der Waals surface area (Å²) in [6.07, 6.45) is 8.65. The van der Waals surface area contributed by atoms with Crippen molar-refractivity contribution >= 4 is 11.8 Å². The van der Waals surface area contributed by atoms with Crippen LogP contribution in [0.5, 0.6) is 0 Å². The average Bonchev–Trinajstić information content (AvgIpc) is 2.81. The Labute approximate surface area is 219 Å². The highest BCUT2D eigenvalue weighted by Gasteiger charge is 2.34. The lowest BCUT2D eigenvalue weighted by atomic mass is 9.71. The van der Waals surface area contributed by atoms with Crippen LogP contribution in [0.15, 0.2) is 30.0 Å². The molecule has 0 aliphatic heterocycles. The molecule has 6 heteroatoms. The molecular weight excluding hydrogens is 450 g/mol. The third-order valence-corrected chi connectivity index (χ3v) is 7.38. The fourth-order valence-corrected chi connectivity index (χ4v) is 5.28. The molecule has 1 rings (SSSR count). The minimum absolute atomic E-state index is 0.0137. The van der Waals surface area contributed by atoms with Gasteiger partial charge in [-0.3, -0.25) is 14.5 Å². The monoisotopic (exact) mass is 501 g/mol. The first-order valence-corrected chi connectivity index (χ1v) is 13.6. The molecule has 204 valence electrons. The number of carbonyl (C=O) groups excluding carboxylic acids is 2. The Morgan fingerprint density at radius 1 is 1.06 bits per heavy atom. The number of benzene rings is 1. The average molecular weight is 502 g/mol. The Balaban J connectivity index is 3.51. The zero-order valence-electron chi connectivity index (χ0n) is 24.1. The summed E-state index contributed by atoms with van der Waals surface area (Å²) in [5.41, 5.74) is 9.22. The maximum atomic E-state index is 13.3. The lowest BCUT2D eigenvalue weighted by Crippen LogP contribution is -2.49. The maximum Gasteiger partial charge on any atom is 0.283 e. The van der Waals surface area contributed by atoms with Crippen LogP contribution in [0.2, 0.25) is 0 Å². The lowest BCUT2D eigenvalue weighted by Gasteiger charge is -2.39. The molecule has 3 N–H and O–H groups in total. The number of amides is 2. The molecule has 1 aromatic carbocycles. The molecule has 0 fully saturated rings. The zero-order valence-corrected chi connectivity index (χ0v) is 24.1. The van der Waals surface area contributed by atoms with Crippen molar-refractivity contribution in [2.24, 2.45) is 11.7 Å². The first-order valence-electron chi connectivity index (χ1n) is 13.6. The topological polar surface area (TPSA) is 86.9 Å². The Bertz CT molecular complexity index is 860. The molecule has 3 unspecified atom stereocenters. The third kappa shape index (κ3) is 9.27. The van der Waals surface area contributed by atoms with Gasteiger partial charge in [0.05, 0.1) is 0 Å². The first kappa shape index (κ1) is 31.7. The van der Waals surface area contributed by atoms with Gasteiger partial charge in [0, 0.05) is 27.2 Å². The third-order valence-electron chi connectivity index (χ3n) is 7.38. The van der Waals surface area contributed by atoms with Crippen molar-refractivity contribution in [1.82, 2.24) is 9.80 Å².